The Hall–Kier alpha value is -1.62. The minimum absolute atomic E-state index is 0.128. The molecule has 0 bridgehead atoms. The lowest BCUT2D eigenvalue weighted by Crippen LogP contribution is -2.27. The quantitative estimate of drug-likeness (QED) is 0.911. The summed E-state index contributed by atoms with van der Waals surface area (Å²) in [5.41, 5.74) is -2.07. The van der Waals surface area contributed by atoms with E-state index in [2.05, 4.69) is 0 Å². The second-order valence-corrected chi connectivity index (χ2v) is 4.68. The number of fused-ring (bicyclic) bond motifs is 1. The van der Waals surface area contributed by atoms with E-state index < -0.39 is 23.7 Å². The van der Waals surface area contributed by atoms with Gasteiger partial charge in [0.25, 0.3) is 5.92 Å². The Morgan fingerprint density at radius 3 is 2.56 bits per heavy atom. The normalized spacial score (nSPS) is 25.3. The van der Waals surface area contributed by atoms with Gasteiger partial charge in [-0.05, 0) is 17.7 Å². The lowest BCUT2D eigenvalue weighted by atomic mass is 9.95. The largest absolute Gasteiger partial charge is 0.480 e. The van der Waals surface area contributed by atoms with Crippen LogP contribution in [-0.2, 0) is 10.2 Å². The third-order valence-electron chi connectivity index (χ3n) is 3.33. The first-order valence-corrected chi connectivity index (χ1v) is 5.57. The van der Waals surface area contributed by atoms with Crippen LogP contribution in [-0.4, -0.2) is 17.0 Å². The molecule has 1 fully saturated rings. The van der Waals surface area contributed by atoms with Crippen LogP contribution < -0.4 is 0 Å². The monoisotopic (exact) mass is 272 g/mol. The van der Waals surface area contributed by atoms with Crippen molar-refractivity contribution in [2.75, 3.05) is 0 Å². The van der Waals surface area contributed by atoms with Crippen molar-refractivity contribution in [3.8, 4) is 0 Å². The number of aliphatic carboxylic acids is 1. The number of para-hydroxylation sites is 1. The highest BCUT2D eigenvalue weighted by atomic mass is 35.5. The molecule has 1 aliphatic carbocycles. The molecule has 0 radical (unpaired) electrons. The van der Waals surface area contributed by atoms with Crippen molar-refractivity contribution in [3.63, 3.8) is 0 Å². The van der Waals surface area contributed by atoms with Crippen molar-refractivity contribution < 1.29 is 23.1 Å². The van der Waals surface area contributed by atoms with Crippen molar-refractivity contribution in [1.29, 1.82) is 0 Å². The molecule has 1 aromatic carbocycles. The maximum Gasteiger partial charge on any atom is 0.320 e. The number of halogens is 3. The molecule has 0 amide bonds. The Labute approximate surface area is 105 Å². The number of hydrogen-bond acceptors (Lipinski definition) is 2. The number of rotatable bonds is 2. The van der Waals surface area contributed by atoms with E-state index in [4.69, 9.17) is 21.1 Å². The zero-order chi connectivity index (χ0) is 13.1. The molecule has 3 nitrogen and oxygen atoms in total. The van der Waals surface area contributed by atoms with Crippen LogP contribution in [0.3, 0.4) is 0 Å². The van der Waals surface area contributed by atoms with Gasteiger partial charge in [-0.1, -0.05) is 18.2 Å². The smallest absolute Gasteiger partial charge is 0.320 e. The number of furan rings is 1. The van der Waals surface area contributed by atoms with Crippen LogP contribution in [0.5, 0.6) is 0 Å². The Morgan fingerprint density at radius 1 is 1.39 bits per heavy atom. The summed E-state index contributed by atoms with van der Waals surface area (Å²) in [6.07, 6.45) is -0.751. The molecule has 1 aliphatic rings. The Bertz CT molecular complexity index is 664. The number of carbonyl (C=O) groups is 1. The lowest BCUT2D eigenvalue weighted by Gasteiger charge is -2.10. The molecule has 1 saturated carbocycles. The van der Waals surface area contributed by atoms with Crippen molar-refractivity contribution >= 4 is 28.5 Å². The molecule has 6 heteroatoms. The van der Waals surface area contributed by atoms with Crippen LogP contribution in [0.4, 0.5) is 8.78 Å². The maximum absolute atomic E-state index is 13.5. The molecule has 1 N–H and O–H groups in total. The van der Waals surface area contributed by atoms with Crippen LogP contribution in [0.1, 0.15) is 12.0 Å². The SMILES string of the molecule is O=C(O)C1(c2c(Cl)oc3ccccc23)CC1(F)F. The molecule has 0 saturated heterocycles. The van der Waals surface area contributed by atoms with Gasteiger partial charge in [0, 0.05) is 17.4 Å². The summed E-state index contributed by atoms with van der Waals surface area (Å²) in [4.78, 5) is 11.2. The second kappa shape index (κ2) is 3.23. The molecule has 1 aromatic heterocycles. The fraction of sp³-hybridized carbons (Fsp3) is 0.250. The predicted molar refractivity (Wildman–Crippen MR) is 60.1 cm³/mol. The highest BCUT2D eigenvalue weighted by Crippen LogP contribution is 2.64. The third kappa shape index (κ3) is 1.20. The summed E-state index contributed by atoms with van der Waals surface area (Å²) in [7, 11) is 0. The number of carboxylic acids is 1. The molecule has 1 atom stereocenters. The minimum Gasteiger partial charge on any atom is -0.480 e. The summed E-state index contributed by atoms with van der Waals surface area (Å²) < 4.78 is 32.1. The number of alkyl halides is 2. The van der Waals surface area contributed by atoms with Crippen molar-refractivity contribution in [2.24, 2.45) is 0 Å². The minimum atomic E-state index is -3.30. The molecule has 3 rings (SSSR count). The van der Waals surface area contributed by atoms with E-state index in [-0.39, 0.29) is 10.8 Å². The van der Waals surface area contributed by atoms with Crippen molar-refractivity contribution in [3.05, 3.63) is 35.0 Å². The van der Waals surface area contributed by atoms with E-state index in [0.717, 1.165) is 0 Å². The number of benzene rings is 1. The van der Waals surface area contributed by atoms with E-state index in [1.54, 1.807) is 18.2 Å². The number of hydrogen-bond donors (Lipinski definition) is 1. The molecular formula is C12H7ClF2O3. The topological polar surface area (TPSA) is 50.4 Å². The molecule has 18 heavy (non-hydrogen) atoms. The Morgan fingerprint density at radius 2 is 2.00 bits per heavy atom. The lowest BCUT2D eigenvalue weighted by molar-refractivity contribution is -0.142. The van der Waals surface area contributed by atoms with Crippen LogP contribution >= 0.6 is 11.6 Å². The Balaban J connectivity index is 2.33. The van der Waals surface area contributed by atoms with Gasteiger partial charge >= 0.3 is 5.97 Å². The summed E-state index contributed by atoms with van der Waals surface area (Å²) in [6, 6.07) is 6.36. The van der Waals surface area contributed by atoms with Crippen LogP contribution in [0.15, 0.2) is 28.7 Å². The molecular weight excluding hydrogens is 266 g/mol. The molecule has 94 valence electrons. The van der Waals surface area contributed by atoms with Crippen LogP contribution in [0.25, 0.3) is 11.0 Å². The van der Waals surface area contributed by atoms with Gasteiger partial charge in [0.05, 0.1) is 0 Å². The first-order valence-electron chi connectivity index (χ1n) is 5.19. The summed E-state index contributed by atoms with van der Waals surface area (Å²) in [6.45, 7) is 0. The third-order valence-corrected chi connectivity index (χ3v) is 3.60. The fourth-order valence-electron chi connectivity index (χ4n) is 2.31. The average Bonchev–Trinajstić information content (AvgIpc) is 2.72. The van der Waals surface area contributed by atoms with E-state index in [1.165, 1.54) is 6.07 Å². The van der Waals surface area contributed by atoms with E-state index >= 15 is 0 Å². The van der Waals surface area contributed by atoms with Gasteiger partial charge < -0.3 is 9.52 Å². The summed E-state index contributed by atoms with van der Waals surface area (Å²) >= 11 is 5.80. The molecule has 0 spiro atoms. The zero-order valence-corrected chi connectivity index (χ0v) is 9.67. The van der Waals surface area contributed by atoms with E-state index in [9.17, 15) is 13.6 Å². The van der Waals surface area contributed by atoms with Crippen LogP contribution in [0, 0.1) is 0 Å². The molecule has 2 aromatic rings. The van der Waals surface area contributed by atoms with Gasteiger partial charge in [0.1, 0.15) is 5.58 Å². The van der Waals surface area contributed by atoms with Gasteiger partial charge in [0.2, 0.25) is 0 Å². The fourth-order valence-corrected chi connectivity index (χ4v) is 2.66. The average molecular weight is 273 g/mol. The Kier molecular flexibility index (Phi) is 2.06. The van der Waals surface area contributed by atoms with Crippen molar-refractivity contribution in [1.82, 2.24) is 0 Å². The van der Waals surface area contributed by atoms with Crippen LogP contribution in [0.2, 0.25) is 5.22 Å². The standard InChI is InChI=1S/C12H7ClF2O3/c13-9-8(6-3-1-2-4-7(6)18-9)11(10(16)17)5-12(11,14)15/h1-4H,5H2,(H,16,17). The zero-order valence-electron chi connectivity index (χ0n) is 8.91. The molecule has 0 aliphatic heterocycles. The first-order chi connectivity index (χ1) is 8.40. The highest BCUT2D eigenvalue weighted by Gasteiger charge is 2.78. The van der Waals surface area contributed by atoms with E-state index in [0.29, 0.717) is 11.0 Å². The first kappa shape index (κ1) is 11.5. The summed E-state index contributed by atoms with van der Waals surface area (Å²) in [5.74, 6) is -4.88. The van der Waals surface area contributed by atoms with Gasteiger partial charge in [-0.25, -0.2) is 8.78 Å². The summed E-state index contributed by atoms with van der Waals surface area (Å²) in [5, 5.41) is 9.15. The second-order valence-electron chi connectivity index (χ2n) is 4.34. The molecule has 1 heterocycles. The maximum atomic E-state index is 13.5. The predicted octanol–water partition coefficient (Wildman–Crippen LogP) is 3.45. The highest BCUT2D eigenvalue weighted by molar-refractivity contribution is 6.31. The van der Waals surface area contributed by atoms with E-state index in [1.807, 2.05) is 0 Å². The number of carboxylic acid groups (broad SMARTS) is 1. The van der Waals surface area contributed by atoms with Gasteiger partial charge in [-0.15, -0.1) is 0 Å². The van der Waals surface area contributed by atoms with Crippen molar-refractivity contribution in [2.45, 2.75) is 17.8 Å². The molecule has 1 unspecified atom stereocenters. The van der Waals surface area contributed by atoms with Gasteiger partial charge in [-0.2, -0.15) is 0 Å². The van der Waals surface area contributed by atoms with Gasteiger partial charge in [-0.3, -0.25) is 4.79 Å². The van der Waals surface area contributed by atoms with Gasteiger partial charge in [0.15, 0.2) is 10.6 Å².